The Morgan fingerprint density at radius 3 is 2.33 bits per heavy atom. The summed E-state index contributed by atoms with van der Waals surface area (Å²) in [6.45, 7) is 7.44. The fourth-order valence-electron chi connectivity index (χ4n) is 0.348. The fraction of sp³-hybridized carbons (Fsp3) is 0.333. The van der Waals surface area contributed by atoms with Crippen LogP contribution in [0.15, 0.2) is 18.9 Å². The first-order chi connectivity index (χ1) is 4.31. The van der Waals surface area contributed by atoms with Crippen molar-refractivity contribution >= 4 is 6.09 Å². The van der Waals surface area contributed by atoms with Gasteiger partial charge in [-0.15, -0.1) is 5.73 Å². The first-order valence-corrected chi connectivity index (χ1v) is 2.51. The molecule has 1 N–H and O–H groups in total. The summed E-state index contributed by atoms with van der Waals surface area (Å²) in [6.07, 6.45) is -0.296. The minimum atomic E-state index is -0.296. The second-order valence-electron chi connectivity index (χ2n) is 1.31. The maximum Gasteiger partial charge on any atom is 0.407 e. The normalized spacial score (nSPS) is 14.0. The largest absolute Gasteiger partial charge is 0.448 e. The van der Waals surface area contributed by atoms with Gasteiger partial charge in [-0.2, -0.15) is 0 Å². The third-order valence-corrected chi connectivity index (χ3v) is 0.605. The average molecular weight is 127 g/mol. The van der Waals surface area contributed by atoms with E-state index in [2.05, 4.69) is 28.9 Å². The molecule has 1 aliphatic heterocycles. The quantitative estimate of drug-likeness (QED) is 0.486. The van der Waals surface area contributed by atoms with Gasteiger partial charge < -0.3 is 10.1 Å². The summed E-state index contributed by atoms with van der Waals surface area (Å²) in [4.78, 5) is 9.91. The number of hydrogen-bond donors (Lipinski definition) is 1. The highest BCUT2D eigenvalue weighted by Crippen LogP contribution is 1.82. The topological polar surface area (TPSA) is 38.3 Å². The summed E-state index contributed by atoms with van der Waals surface area (Å²) in [5, 5.41) is 2.46. The van der Waals surface area contributed by atoms with Crippen LogP contribution < -0.4 is 5.32 Å². The van der Waals surface area contributed by atoms with Crippen LogP contribution in [0.1, 0.15) is 0 Å². The number of cyclic esters (lactones) is 1. The lowest BCUT2D eigenvalue weighted by Gasteiger charge is -1.80. The van der Waals surface area contributed by atoms with E-state index in [1.54, 1.807) is 0 Å². The van der Waals surface area contributed by atoms with Gasteiger partial charge in [0.15, 0.2) is 0 Å². The molecule has 3 nitrogen and oxygen atoms in total. The Hall–Kier alpha value is -1.21. The van der Waals surface area contributed by atoms with Gasteiger partial charge in [-0.05, 0) is 0 Å². The van der Waals surface area contributed by atoms with Crippen LogP contribution in [0.2, 0.25) is 0 Å². The monoisotopic (exact) mass is 127 g/mol. The summed E-state index contributed by atoms with van der Waals surface area (Å²) < 4.78 is 4.40. The van der Waals surface area contributed by atoms with E-state index in [1.165, 1.54) is 0 Å². The number of hydrogen-bond acceptors (Lipinski definition) is 2. The third-order valence-electron chi connectivity index (χ3n) is 0.605. The van der Waals surface area contributed by atoms with Gasteiger partial charge in [0.1, 0.15) is 6.61 Å². The Kier molecular flexibility index (Phi) is 4.27. The lowest BCUT2D eigenvalue weighted by Crippen LogP contribution is -2.11. The first-order valence-electron chi connectivity index (χ1n) is 2.51. The molecule has 0 aromatic rings. The van der Waals surface area contributed by atoms with E-state index in [9.17, 15) is 4.79 Å². The SMILES string of the molecule is C=C=C.O=C1NCCO1. The minimum absolute atomic E-state index is 0.296. The van der Waals surface area contributed by atoms with Crippen LogP contribution in [0.5, 0.6) is 0 Å². The predicted molar refractivity (Wildman–Crippen MR) is 34.1 cm³/mol. The van der Waals surface area contributed by atoms with E-state index in [0.29, 0.717) is 13.2 Å². The van der Waals surface area contributed by atoms with Crippen molar-refractivity contribution in [2.45, 2.75) is 0 Å². The van der Waals surface area contributed by atoms with Crippen LogP contribution in [0.4, 0.5) is 4.79 Å². The van der Waals surface area contributed by atoms with Crippen molar-refractivity contribution in [1.82, 2.24) is 5.32 Å². The Bertz CT molecular complexity index is 117. The van der Waals surface area contributed by atoms with Gasteiger partial charge in [0, 0.05) is 0 Å². The molecule has 1 fully saturated rings. The van der Waals surface area contributed by atoms with Crippen molar-refractivity contribution in [2.75, 3.05) is 13.2 Å². The Morgan fingerprint density at radius 2 is 2.22 bits per heavy atom. The highest BCUT2D eigenvalue weighted by atomic mass is 16.6. The maximum absolute atomic E-state index is 9.91. The van der Waals surface area contributed by atoms with Crippen molar-refractivity contribution in [3.05, 3.63) is 18.9 Å². The zero-order chi connectivity index (χ0) is 7.11. The van der Waals surface area contributed by atoms with Crippen LogP contribution in [-0.4, -0.2) is 19.2 Å². The number of ether oxygens (including phenoxy) is 1. The van der Waals surface area contributed by atoms with Crippen LogP contribution in [-0.2, 0) is 4.74 Å². The molecule has 1 rings (SSSR count). The third kappa shape index (κ3) is 4.65. The highest BCUT2D eigenvalue weighted by molar-refractivity contribution is 5.68. The molecule has 0 radical (unpaired) electrons. The molecule has 0 spiro atoms. The Balaban J connectivity index is 0.000000187. The lowest BCUT2D eigenvalue weighted by molar-refractivity contribution is 0.178. The molecule has 1 amide bonds. The van der Waals surface area contributed by atoms with Crippen molar-refractivity contribution in [3.63, 3.8) is 0 Å². The van der Waals surface area contributed by atoms with Crippen molar-refractivity contribution < 1.29 is 9.53 Å². The van der Waals surface area contributed by atoms with E-state index in [1.807, 2.05) is 0 Å². The molecule has 1 heterocycles. The van der Waals surface area contributed by atoms with Crippen molar-refractivity contribution in [3.8, 4) is 0 Å². The summed E-state index contributed by atoms with van der Waals surface area (Å²) in [5.41, 5.74) is 2.25. The van der Waals surface area contributed by atoms with E-state index >= 15 is 0 Å². The molecule has 1 saturated heterocycles. The number of rotatable bonds is 0. The van der Waals surface area contributed by atoms with E-state index < -0.39 is 0 Å². The Labute approximate surface area is 54.0 Å². The molecular weight excluding hydrogens is 118 g/mol. The summed E-state index contributed by atoms with van der Waals surface area (Å²) in [6, 6.07) is 0. The van der Waals surface area contributed by atoms with Crippen LogP contribution in [0, 0.1) is 0 Å². The number of nitrogens with one attached hydrogen (secondary N) is 1. The van der Waals surface area contributed by atoms with Crippen molar-refractivity contribution in [2.24, 2.45) is 0 Å². The van der Waals surface area contributed by atoms with Crippen LogP contribution >= 0.6 is 0 Å². The summed E-state index contributed by atoms with van der Waals surface area (Å²) in [5.74, 6) is 0. The van der Waals surface area contributed by atoms with E-state index in [0.717, 1.165) is 0 Å². The van der Waals surface area contributed by atoms with Gasteiger partial charge in [0.05, 0.1) is 6.54 Å². The zero-order valence-corrected chi connectivity index (χ0v) is 5.14. The average Bonchev–Trinajstić information content (AvgIpc) is 2.20. The lowest BCUT2D eigenvalue weighted by atomic mass is 10.7. The summed E-state index contributed by atoms with van der Waals surface area (Å²) in [7, 11) is 0. The summed E-state index contributed by atoms with van der Waals surface area (Å²) >= 11 is 0. The molecule has 50 valence electrons. The molecule has 0 atom stereocenters. The maximum atomic E-state index is 9.91. The predicted octanol–water partition coefficient (Wildman–Crippen LogP) is 0.683. The molecule has 0 aromatic heterocycles. The molecule has 9 heavy (non-hydrogen) atoms. The van der Waals surface area contributed by atoms with Crippen LogP contribution in [0.25, 0.3) is 0 Å². The molecule has 1 aliphatic rings. The first kappa shape index (κ1) is 7.79. The number of alkyl carbamates (subject to hydrolysis) is 1. The molecule has 0 bridgehead atoms. The second kappa shape index (κ2) is 4.94. The van der Waals surface area contributed by atoms with E-state index in [4.69, 9.17) is 0 Å². The smallest absolute Gasteiger partial charge is 0.407 e. The van der Waals surface area contributed by atoms with Gasteiger partial charge >= 0.3 is 6.09 Å². The second-order valence-corrected chi connectivity index (χ2v) is 1.31. The standard InChI is InChI=1S/C3H5NO2.C3H4/c5-3-4-1-2-6-3;1-3-2/h1-2H2,(H,4,5);1-2H2. The van der Waals surface area contributed by atoms with Gasteiger partial charge in [0.25, 0.3) is 0 Å². The van der Waals surface area contributed by atoms with Crippen molar-refractivity contribution in [1.29, 1.82) is 0 Å². The van der Waals surface area contributed by atoms with Crippen LogP contribution in [0.3, 0.4) is 0 Å². The molecule has 0 aliphatic carbocycles. The zero-order valence-electron chi connectivity index (χ0n) is 5.14. The number of amides is 1. The minimum Gasteiger partial charge on any atom is -0.448 e. The number of carbonyl (C=O) groups is 1. The van der Waals surface area contributed by atoms with Gasteiger partial charge in [0.2, 0.25) is 0 Å². The fourth-order valence-corrected chi connectivity index (χ4v) is 0.348. The molecule has 3 heteroatoms. The van der Waals surface area contributed by atoms with E-state index in [-0.39, 0.29) is 6.09 Å². The molecule has 0 unspecified atom stereocenters. The van der Waals surface area contributed by atoms with Gasteiger partial charge in [-0.1, -0.05) is 13.2 Å². The molecule has 0 saturated carbocycles. The Morgan fingerprint density at radius 1 is 1.67 bits per heavy atom. The number of carbonyl (C=O) groups excluding carboxylic acids is 1. The highest BCUT2D eigenvalue weighted by Gasteiger charge is 2.06. The molecule has 0 aromatic carbocycles. The van der Waals surface area contributed by atoms with Gasteiger partial charge in [-0.3, -0.25) is 0 Å². The van der Waals surface area contributed by atoms with Gasteiger partial charge in [-0.25, -0.2) is 4.79 Å². The molecular formula is C6H9NO2.